The smallest absolute Gasteiger partial charge is 0.264 e. The molecule has 0 saturated carbocycles. The topological polar surface area (TPSA) is 108 Å². The van der Waals surface area contributed by atoms with Gasteiger partial charge in [-0.3, -0.25) is 9.59 Å². The van der Waals surface area contributed by atoms with Gasteiger partial charge in [0, 0.05) is 19.3 Å². The third kappa shape index (κ3) is 2.38. The van der Waals surface area contributed by atoms with E-state index in [4.69, 9.17) is 4.74 Å². The summed E-state index contributed by atoms with van der Waals surface area (Å²) in [6.07, 6.45) is 0.720. The number of aromatic nitrogens is 2. The number of carbonyl (C=O) groups is 1. The first kappa shape index (κ1) is 12.3. The molecule has 7 nitrogen and oxygen atoms in total. The largest absolute Gasteiger partial charge is 0.381 e. The molecule has 1 aliphatic heterocycles. The van der Waals surface area contributed by atoms with Gasteiger partial charge in [-0.15, -0.1) is 0 Å². The molecule has 0 bridgehead atoms. The molecule has 1 aromatic rings. The number of rotatable bonds is 2. The number of amides is 1. The van der Waals surface area contributed by atoms with Gasteiger partial charge in [-0.05, 0) is 18.9 Å². The van der Waals surface area contributed by atoms with Gasteiger partial charge in [0.05, 0.1) is 6.07 Å². The van der Waals surface area contributed by atoms with Crippen molar-refractivity contribution in [3.05, 3.63) is 22.5 Å². The van der Waals surface area contributed by atoms with Crippen LogP contribution in [0, 0.1) is 16.7 Å². The summed E-state index contributed by atoms with van der Waals surface area (Å²) in [6, 6.07) is 4.70. The van der Waals surface area contributed by atoms with Crippen molar-refractivity contribution in [2.75, 3.05) is 18.5 Å². The maximum Gasteiger partial charge on any atom is 0.264 e. The Hall–Kier alpha value is -2.20. The maximum atomic E-state index is 12.1. The standard InChI is InChI=1S/C11H12N4O3/c12-7-11(3-5-18-6-4-11)10(17)13-8-1-2-9(16)15-14-8/h1-2H,3-6H2,(H,15,16)(H,13,14,17). The number of ether oxygens (including phenoxy) is 1. The minimum atomic E-state index is -1.07. The number of H-pyrrole nitrogens is 1. The van der Waals surface area contributed by atoms with Gasteiger partial charge in [0.2, 0.25) is 5.91 Å². The lowest BCUT2D eigenvalue weighted by atomic mass is 9.81. The van der Waals surface area contributed by atoms with Gasteiger partial charge < -0.3 is 10.1 Å². The van der Waals surface area contributed by atoms with Crippen molar-refractivity contribution >= 4 is 11.7 Å². The summed E-state index contributed by atoms with van der Waals surface area (Å²) >= 11 is 0. The molecule has 7 heteroatoms. The fourth-order valence-corrected chi connectivity index (χ4v) is 1.76. The third-order valence-electron chi connectivity index (χ3n) is 2.92. The lowest BCUT2D eigenvalue weighted by Crippen LogP contribution is -2.40. The van der Waals surface area contributed by atoms with Crippen LogP contribution in [0.4, 0.5) is 5.82 Å². The van der Waals surface area contributed by atoms with E-state index in [-0.39, 0.29) is 11.4 Å². The van der Waals surface area contributed by atoms with Crippen LogP contribution in [0.25, 0.3) is 0 Å². The summed E-state index contributed by atoms with van der Waals surface area (Å²) in [5, 5.41) is 17.6. The number of hydrogen-bond donors (Lipinski definition) is 2. The van der Waals surface area contributed by atoms with E-state index < -0.39 is 11.3 Å². The highest BCUT2D eigenvalue weighted by Gasteiger charge is 2.40. The van der Waals surface area contributed by atoms with Crippen LogP contribution in [0.1, 0.15) is 12.8 Å². The molecule has 1 amide bonds. The first-order valence-corrected chi connectivity index (χ1v) is 5.52. The summed E-state index contributed by atoms with van der Waals surface area (Å²) < 4.78 is 5.15. The molecule has 1 fully saturated rings. The Morgan fingerprint density at radius 2 is 2.22 bits per heavy atom. The number of nitrogens with one attached hydrogen (secondary N) is 2. The van der Waals surface area contributed by atoms with Crippen LogP contribution in [-0.2, 0) is 9.53 Å². The number of nitriles is 1. The monoisotopic (exact) mass is 248 g/mol. The van der Waals surface area contributed by atoms with E-state index in [1.165, 1.54) is 12.1 Å². The van der Waals surface area contributed by atoms with Crippen LogP contribution in [-0.4, -0.2) is 29.3 Å². The minimum absolute atomic E-state index is 0.223. The third-order valence-corrected chi connectivity index (χ3v) is 2.92. The number of anilines is 1. The van der Waals surface area contributed by atoms with Crippen molar-refractivity contribution in [1.82, 2.24) is 10.2 Å². The molecule has 2 N–H and O–H groups in total. The zero-order valence-electron chi connectivity index (χ0n) is 9.60. The molecule has 0 aromatic carbocycles. The highest BCUT2D eigenvalue weighted by Crippen LogP contribution is 2.30. The summed E-state index contributed by atoms with van der Waals surface area (Å²) in [5.41, 5.74) is -1.43. The first-order chi connectivity index (χ1) is 8.66. The second-order valence-electron chi connectivity index (χ2n) is 4.07. The maximum absolute atomic E-state index is 12.1. The number of carbonyl (C=O) groups excluding carboxylic acids is 1. The quantitative estimate of drug-likeness (QED) is 0.767. The van der Waals surface area contributed by atoms with Gasteiger partial charge in [-0.1, -0.05) is 0 Å². The van der Waals surface area contributed by atoms with E-state index in [0.29, 0.717) is 26.1 Å². The van der Waals surface area contributed by atoms with Crippen LogP contribution in [0.3, 0.4) is 0 Å². The van der Waals surface area contributed by atoms with Crippen LogP contribution in [0.5, 0.6) is 0 Å². The molecular weight excluding hydrogens is 236 g/mol. The van der Waals surface area contributed by atoms with E-state index in [2.05, 4.69) is 21.6 Å². The Kier molecular flexibility index (Phi) is 3.39. The van der Waals surface area contributed by atoms with Crippen LogP contribution in [0.2, 0.25) is 0 Å². The molecule has 0 unspecified atom stereocenters. The molecule has 0 radical (unpaired) electrons. The minimum Gasteiger partial charge on any atom is -0.381 e. The Morgan fingerprint density at radius 3 is 2.78 bits per heavy atom. The molecule has 2 rings (SSSR count). The van der Waals surface area contributed by atoms with Gasteiger partial charge >= 0.3 is 0 Å². The molecule has 1 aliphatic rings. The van der Waals surface area contributed by atoms with E-state index in [0.717, 1.165) is 0 Å². The zero-order valence-corrected chi connectivity index (χ0v) is 9.60. The molecule has 0 aliphatic carbocycles. The van der Waals surface area contributed by atoms with Crippen molar-refractivity contribution < 1.29 is 9.53 Å². The molecular formula is C11H12N4O3. The predicted molar refractivity (Wildman–Crippen MR) is 61.6 cm³/mol. The van der Waals surface area contributed by atoms with Crippen molar-refractivity contribution in [1.29, 1.82) is 5.26 Å². The van der Waals surface area contributed by atoms with Crippen molar-refractivity contribution in [3.8, 4) is 6.07 Å². The van der Waals surface area contributed by atoms with Gasteiger partial charge in [-0.2, -0.15) is 10.4 Å². The fourth-order valence-electron chi connectivity index (χ4n) is 1.76. The molecule has 94 valence electrons. The highest BCUT2D eigenvalue weighted by atomic mass is 16.5. The number of hydrogen-bond acceptors (Lipinski definition) is 5. The highest BCUT2D eigenvalue weighted by molar-refractivity contribution is 5.96. The predicted octanol–water partition coefficient (Wildman–Crippen LogP) is 0.0288. The zero-order chi connectivity index (χ0) is 13.0. The number of nitrogens with zero attached hydrogens (tertiary/aromatic N) is 2. The van der Waals surface area contributed by atoms with E-state index >= 15 is 0 Å². The normalized spacial score (nSPS) is 17.7. The fraction of sp³-hybridized carbons (Fsp3) is 0.455. The Morgan fingerprint density at radius 1 is 1.50 bits per heavy atom. The molecule has 0 spiro atoms. The molecule has 0 atom stereocenters. The molecule has 1 saturated heterocycles. The van der Waals surface area contributed by atoms with Crippen LogP contribution >= 0.6 is 0 Å². The van der Waals surface area contributed by atoms with Crippen molar-refractivity contribution in [2.24, 2.45) is 5.41 Å². The lowest BCUT2D eigenvalue weighted by Gasteiger charge is -2.28. The molecule has 18 heavy (non-hydrogen) atoms. The Bertz CT molecular complexity index is 519. The Balaban J connectivity index is 2.13. The van der Waals surface area contributed by atoms with E-state index in [1.807, 2.05) is 0 Å². The van der Waals surface area contributed by atoms with E-state index in [9.17, 15) is 14.9 Å². The SMILES string of the molecule is N#CC1(C(=O)Nc2ccc(=O)[nH]n2)CCOCC1. The summed E-state index contributed by atoms with van der Waals surface area (Å²) in [4.78, 5) is 22.9. The Labute approximate surface area is 103 Å². The van der Waals surface area contributed by atoms with Gasteiger partial charge in [0.25, 0.3) is 5.56 Å². The molecule has 1 aromatic heterocycles. The second kappa shape index (κ2) is 4.98. The summed E-state index contributed by atoms with van der Waals surface area (Å²) in [5.74, 6) is -0.187. The van der Waals surface area contributed by atoms with Crippen LogP contribution in [0.15, 0.2) is 16.9 Å². The van der Waals surface area contributed by atoms with Gasteiger partial charge in [-0.25, -0.2) is 5.10 Å². The summed E-state index contributed by atoms with van der Waals surface area (Å²) in [6.45, 7) is 0.778. The average molecular weight is 248 g/mol. The second-order valence-corrected chi connectivity index (χ2v) is 4.07. The number of aromatic amines is 1. The van der Waals surface area contributed by atoms with Crippen LogP contribution < -0.4 is 10.9 Å². The lowest BCUT2D eigenvalue weighted by molar-refractivity contribution is -0.126. The van der Waals surface area contributed by atoms with Crippen molar-refractivity contribution in [2.45, 2.75) is 12.8 Å². The first-order valence-electron chi connectivity index (χ1n) is 5.52. The summed E-state index contributed by atoms with van der Waals surface area (Å²) in [7, 11) is 0. The van der Waals surface area contributed by atoms with Gasteiger partial charge in [0.1, 0.15) is 5.41 Å². The van der Waals surface area contributed by atoms with E-state index in [1.54, 1.807) is 0 Å². The molecule has 2 heterocycles. The van der Waals surface area contributed by atoms with Crippen molar-refractivity contribution in [3.63, 3.8) is 0 Å². The van der Waals surface area contributed by atoms with Gasteiger partial charge in [0.15, 0.2) is 5.82 Å². The average Bonchev–Trinajstić information content (AvgIpc) is 2.42.